The Morgan fingerprint density at radius 1 is 1.37 bits per heavy atom. The van der Waals surface area contributed by atoms with Crippen molar-refractivity contribution in [2.75, 3.05) is 10.8 Å². The number of hydrogen-bond acceptors (Lipinski definition) is 4. The molecule has 1 atom stereocenters. The van der Waals surface area contributed by atoms with Gasteiger partial charge in [0.05, 0.1) is 18.0 Å². The Labute approximate surface area is 110 Å². The first-order valence-electron chi connectivity index (χ1n) is 5.89. The zero-order valence-electron chi connectivity index (χ0n) is 10.0. The van der Waals surface area contributed by atoms with Gasteiger partial charge in [0, 0.05) is 18.3 Å². The summed E-state index contributed by atoms with van der Waals surface area (Å²) in [6, 6.07) is 7.00. The van der Waals surface area contributed by atoms with E-state index in [1.165, 1.54) is 16.7 Å². The molecule has 2 heterocycles. The summed E-state index contributed by atoms with van der Waals surface area (Å²) in [5.74, 6) is 0. The lowest BCUT2D eigenvalue weighted by Gasteiger charge is -2.32. The van der Waals surface area contributed by atoms with Crippen LogP contribution in [-0.2, 0) is 10.0 Å². The molecule has 6 nitrogen and oxygen atoms in total. The van der Waals surface area contributed by atoms with E-state index in [0.29, 0.717) is 17.7 Å². The lowest BCUT2D eigenvalue weighted by Crippen LogP contribution is -2.36. The first kappa shape index (κ1) is 12.2. The number of aromatic amines is 1. The number of fused-ring (bicyclic) bond motifs is 1. The van der Waals surface area contributed by atoms with E-state index in [4.69, 9.17) is 0 Å². The summed E-state index contributed by atoms with van der Waals surface area (Å²) in [5, 5.41) is 16.1. The Balaban J connectivity index is 2.11. The van der Waals surface area contributed by atoms with Gasteiger partial charge in [-0.2, -0.15) is 5.10 Å². The summed E-state index contributed by atoms with van der Waals surface area (Å²) < 4.78 is 26.3. The molecule has 0 fully saturated rings. The van der Waals surface area contributed by atoms with E-state index in [0.717, 1.165) is 0 Å². The van der Waals surface area contributed by atoms with Gasteiger partial charge in [-0.3, -0.25) is 9.40 Å². The van der Waals surface area contributed by atoms with E-state index >= 15 is 0 Å². The second kappa shape index (κ2) is 4.36. The fourth-order valence-corrected chi connectivity index (χ4v) is 3.68. The first-order valence-corrected chi connectivity index (χ1v) is 7.33. The lowest BCUT2D eigenvalue weighted by atomic mass is 10.0. The largest absolute Gasteiger partial charge is 0.388 e. The topological polar surface area (TPSA) is 86.3 Å². The van der Waals surface area contributed by atoms with Crippen molar-refractivity contribution in [2.45, 2.75) is 17.4 Å². The van der Waals surface area contributed by atoms with Crippen LogP contribution in [0, 0.1) is 0 Å². The number of aliphatic hydroxyl groups is 1. The Hall–Kier alpha value is -1.86. The Bertz CT molecular complexity index is 682. The monoisotopic (exact) mass is 279 g/mol. The number of H-pyrrole nitrogens is 1. The second-order valence-electron chi connectivity index (χ2n) is 4.37. The van der Waals surface area contributed by atoms with Gasteiger partial charge < -0.3 is 5.11 Å². The Kier molecular flexibility index (Phi) is 2.79. The van der Waals surface area contributed by atoms with E-state index in [-0.39, 0.29) is 11.4 Å². The van der Waals surface area contributed by atoms with Crippen molar-refractivity contribution in [3.8, 4) is 0 Å². The quantitative estimate of drug-likeness (QED) is 0.860. The summed E-state index contributed by atoms with van der Waals surface area (Å²) in [6.45, 7) is 0.256. The highest BCUT2D eigenvalue weighted by Crippen LogP contribution is 2.36. The number of nitrogens with zero attached hydrogens (tertiary/aromatic N) is 2. The van der Waals surface area contributed by atoms with Gasteiger partial charge in [-0.1, -0.05) is 18.2 Å². The van der Waals surface area contributed by atoms with Gasteiger partial charge in [0.25, 0.3) is 10.0 Å². The van der Waals surface area contributed by atoms with Crippen LogP contribution in [0.4, 0.5) is 5.69 Å². The molecule has 19 heavy (non-hydrogen) atoms. The summed E-state index contributed by atoms with van der Waals surface area (Å²) in [7, 11) is -3.63. The number of aliphatic hydroxyl groups excluding tert-OH is 1. The number of benzene rings is 1. The number of rotatable bonds is 2. The molecule has 1 aliphatic heterocycles. The number of nitrogens with one attached hydrogen (secondary N) is 1. The average Bonchev–Trinajstić information content (AvgIpc) is 2.94. The smallest absolute Gasteiger partial charge is 0.267 e. The SMILES string of the molecule is O=S(=O)(c1cn[nH]c1)N1CCC(O)c2ccccc21. The van der Waals surface area contributed by atoms with E-state index in [1.54, 1.807) is 24.3 Å². The molecule has 1 aromatic carbocycles. The van der Waals surface area contributed by atoms with Crippen LogP contribution in [0.15, 0.2) is 41.6 Å². The molecule has 0 aliphatic carbocycles. The maximum atomic E-state index is 12.5. The number of hydrogen-bond donors (Lipinski definition) is 2. The molecule has 0 bridgehead atoms. The molecular formula is C12H13N3O3S. The third-order valence-corrected chi connectivity index (χ3v) is 5.01. The van der Waals surface area contributed by atoms with Gasteiger partial charge >= 0.3 is 0 Å². The van der Waals surface area contributed by atoms with Crippen molar-refractivity contribution in [1.82, 2.24) is 10.2 Å². The van der Waals surface area contributed by atoms with Crippen molar-refractivity contribution in [1.29, 1.82) is 0 Å². The molecule has 2 aromatic rings. The fraction of sp³-hybridized carbons (Fsp3) is 0.250. The molecule has 100 valence electrons. The van der Waals surface area contributed by atoms with Crippen molar-refractivity contribution in [3.05, 3.63) is 42.2 Å². The van der Waals surface area contributed by atoms with Crippen molar-refractivity contribution >= 4 is 15.7 Å². The molecular weight excluding hydrogens is 266 g/mol. The summed E-state index contributed by atoms with van der Waals surface area (Å²) in [5.41, 5.74) is 1.17. The van der Waals surface area contributed by atoms with Gasteiger partial charge in [-0.05, 0) is 12.5 Å². The third kappa shape index (κ3) is 1.91. The Morgan fingerprint density at radius 2 is 2.16 bits per heavy atom. The van der Waals surface area contributed by atoms with Gasteiger partial charge in [0.15, 0.2) is 0 Å². The van der Waals surface area contributed by atoms with Crippen LogP contribution >= 0.6 is 0 Å². The number of para-hydroxylation sites is 1. The standard InChI is InChI=1S/C12H13N3O3S/c16-12-5-6-15(11-4-2-1-3-10(11)12)19(17,18)9-7-13-14-8-9/h1-4,7-8,12,16H,5-6H2,(H,13,14). The molecule has 0 radical (unpaired) electrons. The van der Waals surface area contributed by atoms with Crippen molar-refractivity contribution in [2.24, 2.45) is 0 Å². The predicted octanol–water partition coefficient (Wildman–Crippen LogP) is 1.04. The average molecular weight is 279 g/mol. The van der Waals surface area contributed by atoms with Crippen LogP contribution in [0.25, 0.3) is 0 Å². The van der Waals surface area contributed by atoms with Crippen LogP contribution in [0.1, 0.15) is 18.1 Å². The molecule has 1 aliphatic rings. The maximum absolute atomic E-state index is 12.5. The normalized spacial score (nSPS) is 19.2. The van der Waals surface area contributed by atoms with E-state index in [2.05, 4.69) is 10.2 Å². The van der Waals surface area contributed by atoms with Crippen molar-refractivity contribution < 1.29 is 13.5 Å². The number of sulfonamides is 1. The molecule has 0 saturated heterocycles. The summed E-state index contributed by atoms with van der Waals surface area (Å²) >= 11 is 0. The highest BCUT2D eigenvalue weighted by atomic mass is 32.2. The summed E-state index contributed by atoms with van der Waals surface area (Å²) in [6.07, 6.45) is 2.40. The minimum atomic E-state index is -3.63. The number of aromatic nitrogens is 2. The van der Waals surface area contributed by atoms with Crippen LogP contribution < -0.4 is 4.31 Å². The zero-order chi connectivity index (χ0) is 13.5. The van der Waals surface area contributed by atoms with E-state index < -0.39 is 16.1 Å². The first-order chi connectivity index (χ1) is 9.10. The number of anilines is 1. The molecule has 3 rings (SSSR count). The molecule has 7 heteroatoms. The van der Waals surface area contributed by atoms with E-state index in [1.807, 2.05) is 0 Å². The summed E-state index contributed by atoms with van der Waals surface area (Å²) in [4.78, 5) is 0.124. The van der Waals surface area contributed by atoms with E-state index in [9.17, 15) is 13.5 Å². The molecule has 0 amide bonds. The van der Waals surface area contributed by atoms with Crippen molar-refractivity contribution in [3.63, 3.8) is 0 Å². The predicted molar refractivity (Wildman–Crippen MR) is 69.1 cm³/mol. The third-order valence-electron chi connectivity index (χ3n) is 3.23. The highest BCUT2D eigenvalue weighted by Gasteiger charge is 2.32. The second-order valence-corrected chi connectivity index (χ2v) is 6.24. The molecule has 1 aromatic heterocycles. The Morgan fingerprint density at radius 3 is 2.89 bits per heavy atom. The van der Waals surface area contributed by atoms with Crippen LogP contribution in [0.3, 0.4) is 0 Å². The lowest BCUT2D eigenvalue weighted by molar-refractivity contribution is 0.166. The van der Waals surface area contributed by atoms with Gasteiger partial charge in [-0.15, -0.1) is 0 Å². The molecule has 1 unspecified atom stereocenters. The minimum Gasteiger partial charge on any atom is -0.388 e. The van der Waals surface area contributed by atoms with Gasteiger partial charge in [0.2, 0.25) is 0 Å². The van der Waals surface area contributed by atoms with Crippen LogP contribution in [-0.4, -0.2) is 30.3 Å². The van der Waals surface area contributed by atoms with Gasteiger partial charge in [-0.25, -0.2) is 8.42 Å². The van der Waals surface area contributed by atoms with Crippen LogP contribution in [0.2, 0.25) is 0 Å². The fourth-order valence-electron chi connectivity index (χ4n) is 2.27. The molecule has 0 spiro atoms. The van der Waals surface area contributed by atoms with Gasteiger partial charge in [0.1, 0.15) is 4.90 Å². The zero-order valence-corrected chi connectivity index (χ0v) is 10.8. The maximum Gasteiger partial charge on any atom is 0.267 e. The molecule has 0 saturated carbocycles. The minimum absolute atomic E-state index is 0.124. The van der Waals surface area contributed by atoms with Crippen LogP contribution in [0.5, 0.6) is 0 Å². The molecule has 2 N–H and O–H groups in total. The highest BCUT2D eigenvalue weighted by molar-refractivity contribution is 7.92.